The molecule has 14 heteroatoms. The normalized spacial score (nSPS) is 21.8. The van der Waals surface area contributed by atoms with Gasteiger partial charge in [0.05, 0.1) is 27.0 Å². The van der Waals surface area contributed by atoms with Crippen LogP contribution in [0.5, 0.6) is 0 Å². The van der Waals surface area contributed by atoms with Crippen molar-refractivity contribution in [2.45, 2.75) is 62.8 Å². The Balaban J connectivity index is 1.52. The predicted octanol–water partition coefficient (Wildman–Crippen LogP) is 5.20. The Morgan fingerprint density at radius 2 is 1.91 bits per heavy atom. The fraction of sp³-hybridized carbons (Fsp3) is 0.448. The van der Waals surface area contributed by atoms with Crippen LogP contribution in [0.15, 0.2) is 38.6 Å². The van der Waals surface area contributed by atoms with Crippen molar-refractivity contribution in [1.29, 1.82) is 0 Å². The minimum absolute atomic E-state index is 0.0231. The van der Waals surface area contributed by atoms with Crippen LogP contribution >= 0.6 is 23.1 Å². The third-order valence-electron chi connectivity index (χ3n) is 9.09. The molecule has 9 nitrogen and oxygen atoms in total. The molecular weight excluding hydrogens is 601 g/mol. The highest BCUT2D eigenvalue weighted by atomic mass is 32.2. The number of aromatic nitrogens is 4. The van der Waals surface area contributed by atoms with E-state index in [0.717, 1.165) is 36.7 Å². The molecule has 1 saturated carbocycles. The Hall–Kier alpha value is -3.52. The summed E-state index contributed by atoms with van der Waals surface area (Å²) < 4.78 is 46.7. The van der Waals surface area contributed by atoms with Gasteiger partial charge in [0, 0.05) is 58.7 Å². The number of rotatable bonds is 3. The van der Waals surface area contributed by atoms with Crippen molar-refractivity contribution in [3.63, 3.8) is 0 Å². The number of benzene rings is 1. The quantitative estimate of drug-likeness (QED) is 0.302. The van der Waals surface area contributed by atoms with Crippen LogP contribution in [0.3, 0.4) is 0 Å². The standard InChI is InChI=1S/C29H29F3N6O3S2/c1-4-19(39)38-14(2)9-36(10-15(38)3)25-16-8-17(29(30,31)32)20(23-21-18(11-42-23)33-26(40)34-21)24-22(16)37(27(41)35-25)12-28(13-43-24)6-5-7-28/h4,8,11,14-15H,1,5-7,9-10,12-13H2,2-3H3,(H2,33,34,40)/t14-,15+. The van der Waals surface area contributed by atoms with Crippen LogP contribution in [-0.2, 0) is 17.5 Å². The summed E-state index contributed by atoms with van der Waals surface area (Å²) in [5, 5.41) is 1.89. The van der Waals surface area contributed by atoms with E-state index >= 15 is 13.2 Å². The van der Waals surface area contributed by atoms with Gasteiger partial charge < -0.3 is 19.8 Å². The molecular formula is C29H29F3N6O3S2. The fourth-order valence-corrected chi connectivity index (χ4v) is 9.65. The number of H-pyrrole nitrogens is 2. The van der Waals surface area contributed by atoms with Gasteiger partial charge in [-0.3, -0.25) is 9.36 Å². The zero-order valence-corrected chi connectivity index (χ0v) is 25.1. The molecule has 0 bridgehead atoms. The first-order valence-corrected chi connectivity index (χ1v) is 16.0. The molecule has 2 atom stereocenters. The van der Waals surface area contributed by atoms with E-state index in [1.54, 1.807) is 14.8 Å². The number of fused-ring (bicyclic) bond motifs is 1. The second-order valence-electron chi connectivity index (χ2n) is 12.0. The SMILES string of the molecule is C=CC(=O)N1[C@H](C)CN(c2nc(=O)n3c4c(c(-c5scc6[nH]c(=O)[nH]c56)c(C(F)(F)F)cc24)SCC2(CCC2)C3)C[C@@H]1C. The molecule has 1 saturated heterocycles. The van der Waals surface area contributed by atoms with Gasteiger partial charge in [0.2, 0.25) is 5.91 Å². The molecule has 5 heterocycles. The highest BCUT2D eigenvalue weighted by molar-refractivity contribution is 7.99. The number of alkyl halides is 3. The minimum Gasteiger partial charge on any atom is -0.352 e. The summed E-state index contributed by atoms with van der Waals surface area (Å²) in [6, 6.07) is 0.545. The number of thiophene rings is 1. The summed E-state index contributed by atoms with van der Waals surface area (Å²) in [6.07, 6.45) is -0.715. The summed E-state index contributed by atoms with van der Waals surface area (Å²) in [5.74, 6) is 0.536. The number of hydrogen-bond donors (Lipinski definition) is 2. The molecule has 2 fully saturated rings. The van der Waals surface area contributed by atoms with E-state index in [2.05, 4.69) is 21.5 Å². The Bertz CT molecular complexity index is 1920. The summed E-state index contributed by atoms with van der Waals surface area (Å²) in [6.45, 7) is 8.29. The Kier molecular flexibility index (Phi) is 6.40. The topological polar surface area (TPSA) is 107 Å². The maximum absolute atomic E-state index is 15.1. The Labute approximate surface area is 251 Å². The summed E-state index contributed by atoms with van der Waals surface area (Å²) >= 11 is 2.49. The molecule has 7 rings (SSSR count). The van der Waals surface area contributed by atoms with E-state index in [0.29, 0.717) is 51.7 Å². The maximum Gasteiger partial charge on any atom is 0.417 e. The molecule has 1 spiro atoms. The van der Waals surface area contributed by atoms with Crippen molar-refractivity contribution in [2.24, 2.45) is 5.41 Å². The van der Waals surface area contributed by atoms with Crippen LogP contribution in [-0.4, -0.2) is 61.3 Å². The zero-order valence-electron chi connectivity index (χ0n) is 23.5. The lowest BCUT2D eigenvalue weighted by atomic mass is 9.70. The molecule has 0 unspecified atom stereocenters. The second-order valence-corrected chi connectivity index (χ2v) is 13.8. The first kappa shape index (κ1) is 28.3. The van der Waals surface area contributed by atoms with Crippen LogP contribution in [0, 0.1) is 5.41 Å². The van der Waals surface area contributed by atoms with E-state index in [1.165, 1.54) is 17.8 Å². The number of thioether (sulfide) groups is 1. The van der Waals surface area contributed by atoms with Gasteiger partial charge in [-0.1, -0.05) is 13.0 Å². The third kappa shape index (κ3) is 4.35. The molecule has 3 aliphatic rings. The molecule has 4 aromatic rings. The number of halogens is 3. The zero-order chi connectivity index (χ0) is 30.4. The average molecular weight is 631 g/mol. The van der Waals surface area contributed by atoms with E-state index in [9.17, 15) is 14.4 Å². The number of carbonyl (C=O) groups excluding carboxylic acids is 1. The molecule has 226 valence electrons. The molecule has 1 aliphatic carbocycles. The number of hydrogen-bond acceptors (Lipinski definition) is 7. The summed E-state index contributed by atoms with van der Waals surface area (Å²) in [7, 11) is 0. The van der Waals surface area contributed by atoms with Gasteiger partial charge in [-0.15, -0.1) is 23.1 Å². The predicted molar refractivity (Wildman–Crippen MR) is 162 cm³/mol. The van der Waals surface area contributed by atoms with Gasteiger partial charge in [-0.25, -0.2) is 9.59 Å². The highest BCUT2D eigenvalue weighted by Gasteiger charge is 2.44. The van der Waals surface area contributed by atoms with Gasteiger partial charge in [0.15, 0.2) is 0 Å². The van der Waals surface area contributed by atoms with Gasteiger partial charge in [0.25, 0.3) is 0 Å². The van der Waals surface area contributed by atoms with E-state index < -0.39 is 23.1 Å². The molecule has 3 aromatic heterocycles. The number of amides is 1. The van der Waals surface area contributed by atoms with Crippen molar-refractivity contribution >= 4 is 56.8 Å². The number of aromatic amines is 2. The van der Waals surface area contributed by atoms with E-state index in [4.69, 9.17) is 0 Å². The van der Waals surface area contributed by atoms with Gasteiger partial charge in [-0.2, -0.15) is 18.2 Å². The van der Waals surface area contributed by atoms with Crippen molar-refractivity contribution in [3.8, 4) is 10.4 Å². The lowest BCUT2D eigenvalue weighted by Gasteiger charge is -2.45. The van der Waals surface area contributed by atoms with Crippen LogP contribution in [0.25, 0.3) is 32.4 Å². The van der Waals surface area contributed by atoms with Gasteiger partial charge in [-0.05, 0) is 44.2 Å². The Morgan fingerprint density at radius 3 is 2.53 bits per heavy atom. The molecule has 0 radical (unpaired) electrons. The van der Waals surface area contributed by atoms with E-state index in [-0.39, 0.29) is 40.2 Å². The number of carbonyl (C=O) groups is 1. The number of nitrogens with one attached hydrogen (secondary N) is 2. The maximum atomic E-state index is 15.1. The highest BCUT2D eigenvalue weighted by Crippen LogP contribution is 2.55. The first-order valence-electron chi connectivity index (χ1n) is 14.1. The monoisotopic (exact) mass is 630 g/mol. The fourth-order valence-electron chi connectivity index (χ4n) is 7.02. The number of imidazole rings is 1. The molecule has 1 amide bonds. The lowest BCUT2D eigenvalue weighted by Crippen LogP contribution is -2.58. The van der Waals surface area contributed by atoms with Crippen LogP contribution in [0.4, 0.5) is 19.0 Å². The average Bonchev–Trinajstić information content (AvgIpc) is 3.41. The number of piperazine rings is 1. The lowest BCUT2D eigenvalue weighted by molar-refractivity contribution is -0.137. The van der Waals surface area contributed by atoms with E-state index in [1.807, 2.05) is 18.7 Å². The summed E-state index contributed by atoms with van der Waals surface area (Å²) in [4.78, 5) is 52.4. The largest absolute Gasteiger partial charge is 0.417 e. The number of nitrogens with zero attached hydrogens (tertiary/aromatic N) is 4. The van der Waals surface area contributed by atoms with Crippen LogP contribution in [0.1, 0.15) is 38.7 Å². The minimum atomic E-state index is -4.73. The van der Waals surface area contributed by atoms with Crippen LogP contribution < -0.4 is 16.3 Å². The van der Waals surface area contributed by atoms with Crippen molar-refractivity contribution in [1.82, 2.24) is 24.4 Å². The van der Waals surface area contributed by atoms with Crippen molar-refractivity contribution < 1.29 is 18.0 Å². The Morgan fingerprint density at radius 1 is 1.19 bits per heavy atom. The van der Waals surface area contributed by atoms with Crippen molar-refractivity contribution in [3.05, 3.63) is 50.6 Å². The molecule has 2 aliphatic heterocycles. The van der Waals surface area contributed by atoms with Crippen LogP contribution in [0.2, 0.25) is 0 Å². The third-order valence-corrected chi connectivity index (χ3v) is 11.5. The molecule has 2 N–H and O–H groups in total. The van der Waals surface area contributed by atoms with Gasteiger partial charge in [0.1, 0.15) is 5.82 Å². The summed E-state index contributed by atoms with van der Waals surface area (Å²) in [5.41, 5.74) is -0.878. The molecule has 1 aromatic carbocycles. The second kappa shape index (κ2) is 9.74. The van der Waals surface area contributed by atoms with Gasteiger partial charge >= 0.3 is 17.6 Å². The molecule has 43 heavy (non-hydrogen) atoms. The first-order chi connectivity index (χ1) is 20.4. The smallest absolute Gasteiger partial charge is 0.352 e. The van der Waals surface area contributed by atoms with Crippen molar-refractivity contribution in [2.75, 3.05) is 23.7 Å². The number of anilines is 1.